The van der Waals surface area contributed by atoms with Crippen LogP contribution in [-0.4, -0.2) is 19.1 Å². The molecule has 0 radical (unpaired) electrons. The van der Waals surface area contributed by atoms with E-state index in [1.54, 1.807) is 18.9 Å². The monoisotopic (exact) mass is 384 g/mol. The summed E-state index contributed by atoms with van der Waals surface area (Å²) in [5.74, 6) is 0.613. The Hall–Kier alpha value is -1.01. The molecule has 0 amide bonds. The molecule has 4 heteroatoms. The minimum Gasteiger partial charge on any atom is -0.496 e. The molecule has 0 atom stereocenters. The van der Waals surface area contributed by atoms with Crippen LogP contribution in [0.4, 0.5) is 0 Å². The predicted molar refractivity (Wildman–Crippen MR) is 87.4 cm³/mol. The maximum absolute atomic E-state index is 12.7. The van der Waals surface area contributed by atoms with Gasteiger partial charge >= 0.3 is 0 Å². The summed E-state index contributed by atoms with van der Waals surface area (Å²) in [4.78, 5) is 13.6. The lowest BCUT2D eigenvalue weighted by Crippen LogP contribution is -2.05. The van der Waals surface area contributed by atoms with Gasteiger partial charge < -0.3 is 4.74 Å². The largest absolute Gasteiger partial charge is 0.496 e. The molecule has 0 bridgehead atoms. The van der Waals surface area contributed by atoms with Crippen LogP contribution in [-0.2, 0) is 0 Å². The lowest BCUT2D eigenvalue weighted by atomic mass is 10.0. The molecule has 2 nitrogen and oxygen atoms in total. The summed E-state index contributed by atoms with van der Waals surface area (Å²) in [7, 11) is 1.58. The molecule has 0 spiro atoms. The summed E-state index contributed by atoms with van der Waals surface area (Å²) in [5, 5.41) is 0. The summed E-state index contributed by atoms with van der Waals surface area (Å²) in [6.07, 6.45) is 1.97. The van der Waals surface area contributed by atoms with E-state index < -0.39 is 0 Å². The van der Waals surface area contributed by atoms with E-state index in [-0.39, 0.29) is 5.78 Å². The second-order valence-corrected chi connectivity index (χ2v) is 5.97. The topological polar surface area (TPSA) is 26.3 Å². The highest BCUT2D eigenvalue weighted by Crippen LogP contribution is 2.28. The van der Waals surface area contributed by atoms with Crippen LogP contribution in [0.15, 0.2) is 47.4 Å². The zero-order valence-corrected chi connectivity index (χ0v) is 13.6. The number of hydrogen-bond acceptors (Lipinski definition) is 3. The van der Waals surface area contributed by atoms with Crippen molar-refractivity contribution >= 4 is 40.1 Å². The van der Waals surface area contributed by atoms with Crippen LogP contribution < -0.4 is 4.74 Å². The van der Waals surface area contributed by atoms with Crippen molar-refractivity contribution in [2.75, 3.05) is 13.4 Å². The van der Waals surface area contributed by atoms with E-state index in [4.69, 9.17) is 4.74 Å². The van der Waals surface area contributed by atoms with Crippen molar-refractivity contribution in [2.24, 2.45) is 0 Å². The third-order valence-electron chi connectivity index (χ3n) is 2.76. The molecule has 0 fully saturated rings. The lowest BCUT2D eigenvalue weighted by molar-refractivity contribution is 0.103. The zero-order chi connectivity index (χ0) is 13.8. The van der Waals surface area contributed by atoms with Gasteiger partial charge in [0.15, 0.2) is 5.78 Å². The maximum Gasteiger partial charge on any atom is 0.197 e. The molecule has 0 N–H and O–H groups in total. The van der Waals surface area contributed by atoms with E-state index in [1.807, 2.05) is 48.7 Å². The predicted octanol–water partition coefficient (Wildman–Crippen LogP) is 4.25. The Kier molecular flexibility index (Phi) is 4.87. The molecule has 0 aliphatic heterocycles. The van der Waals surface area contributed by atoms with Gasteiger partial charge in [-0.1, -0.05) is 12.1 Å². The first-order valence-electron chi connectivity index (χ1n) is 5.68. The Morgan fingerprint density at radius 1 is 1.16 bits per heavy atom. The highest BCUT2D eigenvalue weighted by molar-refractivity contribution is 14.1. The first-order chi connectivity index (χ1) is 9.17. The second kappa shape index (κ2) is 6.43. The second-order valence-electron chi connectivity index (χ2n) is 3.87. The molecule has 0 aromatic heterocycles. The first kappa shape index (κ1) is 14.4. The van der Waals surface area contributed by atoms with Gasteiger partial charge in [0.2, 0.25) is 0 Å². The van der Waals surface area contributed by atoms with Crippen molar-refractivity contribution < 1.29 is 9.53 Å². The minimum absolute atomic E-state index is 0.000293. The summed E-state index contributed by atoms with van der Waals surface area (Å²) in [5.41, 5.74) is 1.33. The molecule has 0 saturated heterocycles. The van der Waals surface area contributed by atoms with Gasteiger partial charge in [0.25, 0.3) is 0 Å². The number of ketones is 1. The smallest absolute Gasteiger partial charge is 0.197 e. The number of carbonyl (C=O) groups excluding carboxylic acids is 1. The number of methoxy groups -OCH3 is 1. The Morgan fingerprint density at radius 3 is 2.58 bits per heavy atom. The Morgan fingerprint density at radius 2 is 1.89 bits per heavy atom. The molecular formula is C15H13IO2S. The molecule has 0 unspecified atom stereocenters. The van der Waals surface area contributed by atoms with Crippen LogP contribution in [0.1, 0.15) is 15.9 Å². The average Bonchev–Trinajstić information content (AvgIpc) is 2.46. The molecule has 2 rings (SSSR count). The Labute approximate surface area is 130 Å². The quantitative estimate of drug-likeness (QED) is 0.448. The van der Waals surface area contributed by atoms with Crippen molar-refractivity contribution in [1.82, 2.24) is 0 Å². The van der Waals surface area contributed by atoms with Gasteiger partial charge in [0.1, 0.15) is 5.75 Å². The van der Waals surface area contributed by atoms with Crippen LogP contribution in [0.3, 0.4) is 0 Å². The van der Waals surface area contributed by atoms with E-state index >= 15 is 0 Å². The molecule has 0 heterocycles. The van der Waals surface area contributed by atoms with Crippen LogP contribution in [0, 0.1) is 3.57 Å². The fraction of sp³-hybridized carbons (Fsp3) is 0.133. The Balaban J connectivity index is 2.52. The maximum atomic E-state index is 12.7. The zero-order valence-electron chi connectivity index (χ0n) is 10.6. The van der Waals surface area contributed by atoms with Gasteiger partial charge in [-0.25, -0.2) is 0 Å². The number of thioether (sulfide) groups is 1. The van der Waals surface area contributed by atoms with Gasteiger partial charge in [-0.3, -0.25) is 4.79 Å². The van der Waals surface area contributed by atoms with E-state index in [9.17, 15) is 4.79 Å². The van der Waals surface area contributed by atoms with E-state index in [1.165, 1.54) is 0 Å². The van der Waals surface area contributed by atoms with Gasteiger partial charge in [0.05, 0.1) is 12.7 Å². The highest BCUT2D eigenvalue weighted by Gasteiger charge is 2.17. The van der Waals surface area contributed by atoms with Crippen molar-refractivity contribution in [3.63, 3.8) is 0 Å². The summed E-state index contributed by atoms with van der Waals surface area (Å²) >= 11 is 3.77. The van der Waals surface area contributed by atoms with Crippen LogP contribution in [0.25, 0.3) is 0 Å². The minimum atomic E-state index is 0.000293. The summed E-state index contributed by atoms with van der Waals surface area (Å²) < 4.78 is 6.30. The normalized spacial score (nSPS) is 10.3. The molecule has 98 valence electrons. The number of ether oxygens (including phenoxy) is 1. The van der Waals surface area contributed by atoms with E-state index in [2.05, 4.69) is 22.6 Å². The summed E-state index contributed by atoms with van der Waals surface area (Å²) in [6, 6.07) is 13.2. The van der Waals surface area contributed by atoms with Crippen molar-refractivity contribution in [2.45, 2.75) is 4.90 Å². The van der Waals surface area contributed by atoms with Gasteiger partial charge in [-0.05, 0) is 59.2 Å². The molecule has 0 aliphatic rings. The number of hydrogen-bond donors (Lipinski definition) is 0. The van der Waals surface area contributed by atoms with Crippen LogP contribution in [0.5, 0.6) is 5.75 Å². The number of rotatable bonds is 4. The standard InChI is InChI=1S/C15H13IO2S/c1-18-13-8-7-10(16)9-12(13)15(17)11-5-3-4-6-14(11)19-2/h3-9H,1-2H3. The fourth-order valence-corrected chi connectivity index (χ4v) is 2.92. The van der Waals surface area contributed by atoms with Gasteiger partial charge in [0, 0.05) is 14.0 Å². The van der Waals surface area contributed by atoms with Crippen LogP contribution >= 0.6 is 34.4 Å². The first-order valence-corrected chi connectivity index (χ1v) is 7.99. The molecule has 2 aromatic rings. The van der Waals surface area contributed by atoms with E-state index in [0.29, 0.717) is 11.3 Å². The fourth-order valence-electron chi connectivity index (χ4n) is 1.83. The van der Waals surface area contributed by atoms with Crippen LogP contribution in [0.2, 0.25) is 0 Å². The third kappa shape index (κ3) is 3.12. The van der Waals surface area contributed by atoms with Crippen molar-refractivity contribution in [3.8, 4) is 5.75 Å². The van der Waals surface area contributed by atoms with Crippen molar-refractivity contribution in [1.29, 1.82) is 0 Å². The number of halogens is 1. The number of carbonyl (C=O) groups is 1. The Bertz CT molecular complexity index is 611. The molecule has 0 saturated carbocycles. The molecular weight excluding hydrogens is 371 g/mol. The SMILES string of the molecule is COc1ccc(I)cc1C(=O)c1ccccc1SC. The average molecular weight is 384 g/mol. The number of benzene rings is 2. The lowest BCUT2D eigenvalue weighted by Gasteiger charge is -2.10. The van der Waals surface area contributed by atoms with Gasteiger partial charge in [-0.15, -0.1) is 11.8 Å². The van der Waals surface area contributed by atoms with Gasteiger partial charge in [-0.2, -0.15) is 0 Å². The molecule has 2 aromatic carbocycles. The molecule has 0 aliphatic carbocycles. The highest BCUT2D eigenvalue weighted by atomic mass is 127. The third-order valence-corrected chi connectivity index (χ3v) is 4.22. The van der Waals surface area contributed by atoms with Crippen molar-refractivity contribution in [3.05, 3.63) is 57.2 Å². The summed E-state index contributed by atoms with van der Waals surface area (Å²) in [6.45, 7) is 0. The molecule has 19 heavy (non-hydrogen) atoms. The van der Waals surface area contributed by atoms with E-state index in [0.717, 1.165) is 14.0 Å².